The van der Waals surface area contributed by atoms with E-state index in [1.54, 1.807) is 0 Å². The molecule has 0 saturated carbocycles. The van der Waals surface area contributed by atoms with Gasteiger partial charge in [-0.05, 0) is 24.6 Å². The molecule has 6 nitrogen and oxygen atoms in total. The summed E-state index contributed by atoms with van der Waals surface area (Å²) >= 11 is 0. The Morgan fingerprint density at radius 3 is 2.61 bits per heavy atom. The van der Waals surface area contributed by atoms with E-state index in [1.165, 1.54) is 13.0 Å². The lowest BCUT2D eigenvalue weighted by Gasteiger charge is -2.10. The molecular weight excluding hydrogens is 258 g/mol. The van der Waals surface area contributed by atoms with Gasteiger partial charge in [0.1, 0.15) is 11.3 Å². The molecule has 0 fully saturated rings. The molecule has 0 heterocycles. The molecule has 98 valence electrons. The average Bonchev–Trinajstić information content (AvgIpc) is 2.25. The van der Waals surface area contributed by atoms with E-state index in [0.29, 0.717) is 0 Å². The van der Waals surface area contributed by atoms with Gasteiger partial charge in [-0.2, -0.15) is 0 Å². The predicted octanol–water partition coefficient (Wildman–Crippen LogP) is 0.863. The van der Waals surface area contributed by atoms with Crippen molar-refractivity contribution in [2.45, 2.75) is 11.8 Å². The molecule has 0 unspecified atom stereocenters. The minimum Gasteiger partial charge on any atom is -0.507 e. The Bertz CT molecular complexity index is 592. The number of aromatic carboxylic acids is 1. The molecule has 0 saturated heterocycles. The van der Waals surface area contributed by atoms with Crippen LogP contribution < -0.4 is 4.72 Å². The molecule has 0 radical (unpaired) electrons. The van der Waals surface area contributed by atoms with Crippen LogP contribution in [0.2, 0.25) is 0 Å². The molecule has 0 aromatic heterocycles. The topological polar surface area (TPSA) is 104 Å². The van der Waals surface area contributed by atoms with Crippen molar-refractivity contribution >= 4 is 16.0 Å². The number of carboxylic acid groups (broad SMARTS) is 1. The number of nitrogens with one attached hydrogen (secondary N) is 1. The Kier molecular flexibility index (Phi) is 4.10. The smallest absolute Gasteiger partial charge is 0.339 e. The summed E-state index contributed by atoms with van der Waals surface area (Å²) in [7, 11) is -3.82. The molecule has 0 atom stereocenters. The van der Waals surface area contributed by atoms with Gasteiger partial charge in [0.25, 0.3) is 0 Å². The fourth-order valence-corrected chi connectivity index (χ4v) is 2.63. The van der Waals surface area contributed by atoms with Crippen molar-refractivity contribution in [3.63, 3.8) is 0 Å². The van der Waals surface area contributed by atoms with Crippen molar-refractivity contribution in [1.82, 2.24) is 4.72 Å². The lowest BCUT2D eigenvalue weighted by molar-refractivity contribution is 0.0693. The van der Waals surface area contributed by atoms with Crippen molar-refractivity contribution in [3.05, 3.63) is 35.9 Å². The Hall–Kier alpha value is -1.86. The van der Waals surface area contributed by atoms with Crippen LogP contribution in [0.25, 0.3) is 0 Å². The summed E-state index contributed by atoms with van der Waals surface area (Å²) in [6, 6.07) is 2.03. The second kappa shape index (κ2) is 5.19. The highest BCUT2D eigenvalue weighted by Gasteiger charge is 2.21. The van der Waals surface area contributed by atoms with Gasteiger partial charge in [-0.1, -0.05) is 6.08 Å². The van der Waals surface area contributed by atoms with E-state index in [9.17, 15) is 18.3 Å². The summed E-state index contributed by atoms with van der Waals surface area (Å²) < 4.78 is 26.0. The van der Waals surface area contributed by atoms with Gasteiger partial charge >= 0.3 is 5.97 Å². The van der Waals surface area contributed by atoms with Crippen molar-refractivity contribution in [1.29, 1.82) is 0 Å². The zero-order chi connectivity index (χ0) is 13.9. The van der Waals surface area contributed by atoms with E-state index in [0.717, 1.165) is 12.1 Å². The number of benzene rings is 1. The number of aromatic hydroxyl groups is 1. The van der Waals surface area contributed by atoms with Gasteiger partial charge in [-0.3, -0.25) is 0 Å². The molecule has 1 rings (SSSR count). The Morgan fingerprint density at radius 1 is 1.50 bits per heavy atom. The summed E-state index contributed by atoms with van der Waals surface area (Å²) in [4.78, 5) is 10.7. The van der Waals surface area contributed by atoms with E-state index in [-0.39, 0.29) is 17.0 Å². The zero-order valence-electron chi connectivity index (χ0n) is 9.67. The normalized spacial score (nSPS) is 11.2. The van der Waals surface area contributed by atoms with E-state index in [4.69, 9.17) is 5.11 Å². The summed E-state index contributed by atoms with van der Waals surface area (Å²) in [5.41, 5.74) is -0.200. The highest BCUT2D eigenvalue weighted by molar-refractivity contribution is 7.89. The first-order valence-electron chi connectivity index (χ1n) is 4.97. The SMILES string of the molecule is C=CCNS(=O)(=O)c1cc(C(=O)O)c(O)cc1C. The van der Waals surface area contributed by atoms with Gasteiger partial charge in [0, 0.05) is 6.54 Å². The standard InChI is InChI=1S/C11H13NO5S/c1-3-4-12-18(16,17)10-6-8(11(14)15)9(13)5-7(10)2/h3,5-6,12-13H,1,4H2,2H3,(H,14,15). The lowest BCUT2D eigenvalue weighted by atomic mass is 10.1. The van der Waals surface area contributed by atoms with Gasteiger partial charge in [0.2, 0.25) is 10.0 Å². The summed E-state index contributed by atoms with van der Waals surface area (Å²) in [6.07, 6.45) is 1.37. The highest BCUT2D eigenvalue weighted by Crippen LogP contribution is 2.25. The highest BCUT2D eigenvalue weighted by atomic mass is 32.2. The molecule has 0 aliphatic heterocycles. The van der Waals surface area contributed by atoms with Gasteiger partial charge < -0.3 is 10.2 Å². The monoisotopic (exact) mass is 271 g/mol. The molecular formula is C11H13NO5S. The third kappa shape index (κ3) is 2.88. The van der Waals surface area contributed by atoms with E-state index < -0.39 is 27.3 Å². The van der Waals surface area contributed by atoms with Crippen LogP contribution in [-0.2, 0) is 10.0 Å². The molecule has 1 aromatic rings. The van der Waals surface area contributed by atoms with Crippen molar-refractivity contribution < 1.29 is 23.4 Å². The maximum Gasteiger partial charge on any atom is 0.339 e. The fraction of sp³-hybridized carbons (Fsp3) is 0.182. The van der Waals surface area contributed by atoms with Gasteiger partial charge in [-0.25, -0.2) is 17.9 Å². The lowest BCUT2D eigenvalue weighted by Crippen LogP contribution is -2.24. The number of aryl methyl sites for hydroxylation is 1. The Labute approximate surface area is 105 Å². The summed E-state index contributed by atoms with van der Waals surface area (Å²) in [5, 5.41) is 18.2. The fourth-order valence-electron chi connectivity index (χ4n) is 1.38. The second-order valence-electron chi connectivity index (χ2n) is 3.58. The van der Waals surface area contributed by atoms with Crippen LogP contribution in [0.4, 0.5) is 0 Å². The molecule has 1 aromatic carbocycles. The predicted molar refractivity (Wildman–Crippen MR) is 65.2 cm³/mol. The van der Waals surface area contributed by atoms with Crippen molar-refractivity contribution in [2.75, 3.05) is 6.54 Å². The number of sulfonamides is 1. The third-order valence-electron chi connectivity index (χ3n) is 2.23. The van der Waals surface area contributed by atoms with Crippen LogP contribution in [0.5, 0.6) is 5.75 Å². The number of rotatable bonds is 5. The van der Waals surface area contributed by atoms with Gasteiger partial charge in [0.15, 0.2) is 0 Å². The zero-order valence-corrected chi connectivity index (χ0v) is 10.5. The van der Waals surface area contributed by atoms with Gasteiger partial charge in [-0.15, -0.1) is 6.58 Å². The molecule has 0 bridgehead atoms. The number of hydrogen-bond donors (Lipinski definition) is 3. The maximum absolute atomic E-state index is 11.9. The molecule has 0 amide bonds. The van der Waals surface area contributed by atoms with Crippen molar-refractivity contribution in [2.24, 2.45) is 0 Å². The van der Waals surface area contributed by atoms with Crippen LogP contribution in [0.3, 0.4) is 0 Å². The minimum atomic E-state index is -3.82. The average molecular weight is 271 g/mol. The molecule has 7 heteroatoms. The quantitative estimate of drug-likeness (QED) is 0.689. The number of phenols is 1. The first-order chi connectivity index (χ1) is 8.29. The summed E-state index contributed by atoms with van der Waals surface area (Å²) in [5.74, 6) is -1.87. The molecule has 0 spiro atoms. The summed E-state index contributed by atoms with van der Waals surface area (Å²) in [6.45, 7) is 4.88. The maximum atomic E-state index is 11.9. The molecule has 0 aliphatic rings. The minimum absolute atomic E-state index is 0.0328. The van der Waals surface area contributed by atoms with E-state index in [2.05, 4.69) is 11.3 Å². The molecule has 3 N–H and O–H groups in total. The van der Waals surface area contributed by atoms with Crippen LogP contribution in [0.1, 0.15) is 15.9 Å². The molecule has 18 heavy (non-hydrogen) atoms. The third-order valence-corrected chi connectivity index (χ3v) is 3.80. The van der Waals surface area contributed by atoms with E-state index >= 15 is 0 Å². The van der Waals surface area contributed by atoms with E-state index in [1.807, 2.05) is 0 Å². The van der Waals surface area contributed by atoms with Crippen molar-refractivity contribution in [3.8, 4) is 5.75 Å². The molecule has 0 aliphatic carbocycles. The number of carboxylic acids is 1. The number of hydrogen-bond acceptors (Lipinski definition) is 4. The second-order valence-corrected chi connectivity index (χ2v) is 5.32. The van der Waals surface area contributed by atoms with Crippen LogP contribution >= 0.6 is 0 Å². The van der Waals surface area contributed by atoms with Gasteiger partial charge in [0.05, 0.1) is 4.90 Å². The number of carbonyl (C=O) groups is 1. The first-order valence-corrected chi connectivity index (χ1v) is 6.45. The van der Waals surface area contributed by atoms with Crippen LogP contribution in [-0.4, -0.2) is 31.1 Å². The Balaban J connectivity index is 3.37. The first kappa shape index (κ1) is 14.2. The van der Waals surface area contributed by atoms with Crippen LogP contribution in [0, 0.1) is 6.92 Å². The van der Waals surface area contributed by atoms with Crippen LogP contribution in [0.15, 0.2) is 29.7 Å². The Morgan fingerprint density at radius 2 is 2.11 bits per heavy atom. The largest absolute Gasteiger partial charge is 0.507 e.